The van der Waals surface area contributed by atoms with E-state index in [1.807, 2.05) is 25.1 Å². The zero-order valence-electron chi connectivity index (χ0n) is 14.4. The molecule has 2 aromatic rings. The Morgan fingerprint density at radius 2 is 1.52 bits per heavy atom. The van der Waals surface area contributed by atoms with Gasteiger partial charge >= 0.3 is 0 Å². The van der Waals surface area contributed by atoms with Crippen LogP contribution < -0.4 is 10.2 Å². The normalized spacial score (nSPS) is 10.9. The van der Waals surface area contributed by atoms with Crippen molar-refractivity contribution < 1.29 is 14.4 Å². The number of carbonyl (C=O) groups excluding carboxylic acids is 3. The quantitative estimate of drug-likeness (QED) is 0.381. The molecule has 0 radical (unpaired) electrons. The number of hydrogen-bond donors (Lipinski definition) is 1. The molecule has 0 aliphatic heterocycles. The van der Waals surface area contributed by atoms with E-state index in [-0.39, 0.29) is 5.57 Å². The van der Waals surface area contributed by atoms with Gasteiger partial charge in [-0.15, -0.1) is 0 Å². The van der Waals surface area contributed by atoms with E-state index in [9.17, 15) is 14.4 Å². The van der Waals surface area contributed by atoms with Crippen molar-refractivity contribution >= 4 is 28.8 Å². The van der Waals surface area contributed by atoms with Crippen molar-refractivity contribution in [1.29, 1.82) is 0 Å². The fourth-order valence-corrected chi connectivity index (χ4v) is 2.19. The zero-order valence-corrected chi connectivity index (χ0v) is 14.4. The summed E-state index contributed by atoms with van der Waals surface area (Å²) in [4.78, 5) is 38.4. The number of Topliss-reactive ketones (excluding diaryl/α,β-unsaturated/α-hetero) is 1. The highest BCUT2D eigenvalue weighted by Gasteiger charge is 2.17. The molecule has 0 saturated heterocycles. The van der Waals surface area contributed by atoms with Gasteiger partial charge in [0.2, 0.25) is 0 Å². The first-order valence-electron chi connectivity index (χ1n) is 7.79. The summed E-state index contributed by atoms with van der Waals surface area (Å²) in [6.07, 6.45) is 1.09. The minimum atomic E-state index is -0.600. The van der Waals surface area contributed by atoms with Crippen LogP contribution in [0.15, 0.2) is 66.2 Å². The van der Waals surface area contributed by atoms with E-state index in [1.54, 1.807) is 48.5 Å². The molecule has 1 N–H and O–H groups in total. The molecular formula is C20H20N2O3. The summed E-state index contributed by atoms with van der Waals surface area (Å²) in [5.41, 5.74) is 1.75. The second-order valence-corrected chi connectivity index (χ2v) is 5.74. The number of allylic oxidation sites excluding steroid dienone is 1. The largest absolute Gasteiger partial charge is 0.378 e. The van der Waals surface area contributed by atoms with Gasteiger partial charge in [0.05, 0.1) is 5.57 Å². The first-order valence-corrected chi connectivity index (χ1v) is 7.79. The molecule has 0 heterocycles. The molecule has 0 aromatic heterocycles. The van der Waals surface area contributed by atoms with Crippen molar-refractivity contribution in [1.82, 2.24) is 0 Å². The molecule has 2 aromatic carbocycles. The number of nitrogens with zero attached hydrogens (tertiary/aromatic N) is 1. The predicted octanol–water partition coefficient (Wildman–Crippen LogP) is 3.09. The molecule has 5 nitrogen and oxygen atoms in total. The number of carbonyl (C=O) groups is 3. The second-order valence-electron chi connectivity index (χ2n) is 5.74. The van der Waals surface area contributed by atoms with Crippen molar-refractivity contribution in [3.63, 3.8) is 0 Å². The summed E-state index contributed by atoms with van der Waals surface area (Å²) in [6.45, 7) is 1.26. The fraction of sp³-hybridized carbons (Fsp3) is 0.150. The van der Waals surface area contributed by atoms with Crippen LogP contribution in [0, 0.1) is 0 Å². The Morgan fingerprint density at radius 3 is 2.04 bits per heavy atom. The van der Waals surface area contributed by atoms with E-state index >= 15 is 0 Å². The standard InChI is InChI=1S/C20H20N2O3/c1-14(23)18(20(25)21-16-7-5-4-6-8-16)13-19(24)15-9-11-17(12-10-15)22(2)3/h4-13H,1-3H3,(H,21,25)/b18-13+. The topological polar surface area (TPSA) is 66.5 Å². The summed E-state index contributed by atoms with van der Waals surface area (Å²) in [5, 5.41) is 2.62. The average molecular weight is 336 g/mol. The first-order chi connectivity index (χ1) is 11.9. The van der Waals surface area contributed by atoms with Crippen molar-refractivity contribution in [2.75, 3.05) is 24.3 Å². The average Bonchev–Trinajstić information content (AvgIpc) is 2.60. The van der Waals surface area contributed by atoms with Crippen molar-refractivity contribution in [3.05, 3.63) is 71.8 Å². The van der Waals surface area contributed by atoms with Gasteiger partial charge in [0.25, 0.3) is 5.91 Å². The van der Waals surface area contributed by atoms with Gasteiger partial charge in [-0.3, -0.25) is 14.4 Å². The van der Waals surface area contributed by atoms with E-state index in [1.165, 1.54) is 6.92 Å². The second kappa shape index (κ2) is 8.06. The number of hydrogen-bond acceptors (Lipinski definition) is 4. The number of nitrogens with one attached hydrogen (secondary N) is 1. The molecule has 0 unspecified atom stereocenters. The molecule has 5 heteroatoms. The van der Waals surface area contributed by atoms with Crippen LogP contribution in [-0.4, -0.2) is 31.6 Å². The van der Waals surface area contributed by atoms with E-state index in [0.29, 0.717) is 11.3 Å². The lowest BCUT2D eigenvalue weighted by Crippen LogP contribution is -2.20. The maximum Gasteiger partial charge on any atom is 0.259 e. The summed E-state index contributed by atoms with van der Waals surface area (Å²) < 4.78 is 0. The van der Waals surface area contributed by atoms with Gasteiger partial charge in [-0.25, -0.2) is 0 Å². The Morgan fingerprint density at radius 1 is 0.920 bits per heavy atom. The third-order valence-corrected chi connectivity index (χ3v) is 3.60. The number of para-hydroxylation sites is 1. The molecule has 128 valence electrons. The molecule has 0 atom stereocenters. The molecule has 0 aliphatic rings. The molecular weight excluding hydrogens is 316 g/mol. The van der Waals surface area contributed by atoms with Gasteiger partial charge < -0.3 is 10.2 Å². The molecule has 2 rings (SSSR count). The van der Waals surface area contributed by atoms with Crippen molar-refractivity contribution in [2.45, 2.75) is 6.92 Å². The maximum absolute atomic E-state index is 12.4. The summed E-state index contributed by atoms with van der Waals surface area (Å²) in [7, 11) is 3.80. The molecule has 0 aliphatic carbocycles. The van der Waals surface area contributed by atoms with Gasteiger partial charge in [-0.2, -0.15) is 0 Å². The third-order valence-electron chi connectivity index (χ3n) is 3.60. The van der Waals surface area contributed by atoms with Gasteiger partial charge in [0, 0.05) is 37.1 Å². The molecule has 0 saturated carbocycles. The summed E-state index contributed by atoms with van der Waals surface area (Å²) >= 11 is 0. The number of rotatable bonds is 6. The van der Waals surface area contributed by atoms with Crippen LogP contribution in [0.5, 0.6) is 0 Å². The lowest BCUT2D eigenvalue weighted by atomic mass is 10.0. The third kappa shape index (κ3) is 4.88. The van der Waals surface area contributed by atoms with E-state index < -0.39 is 17.5 Å². The smallest absolute Gasteiger partial charge is 0.259 e. The minimum Gasteiger partial charge on any atom is -0.378 e. The van der Waals surface area contributed by atoms with Crippen molar-refractivity contribution in [3.8, 4) is 0 Å². The SMILES string of the molecule is CC(=O)/C(=C\C(=O)c1ccc(N(C)C)cc1)C(=O)Nc1ccccc1. The Kier molecular flexibility index (Phi) is 5.84. The zero-order chi connectivity index (χ0) is 18.4. The van der Waals surface area contributed by atoms with E-state index in [2.05, 4.69) is 5.32 Å². The van der Waals surface area contributed by atoms with Crippen LogP contribution in [0.25, 0.3) is 0 Å². The highest BCUT2D eigenvalue weighted by atomic mass is 16.2. The predicted molar refractivity (Wildman–Crippen MR) is 98.9 cm³/mol. The van der Waals surface area contributed by atoms with Crippen LogP contribution in [0.3, 0.4) is 0 Å². The monoisotopic (exact) mass is 336 g/mol. The van der Waals surface area contributed by atoms with E-state index in [4.69, 9.17) is 0 Å². The highest BCUT2D eigenvalue weighted by Crippen LogP contribution is 2.14. The number of ketones is 2. The van der Waals surface area contributed by atoms with Crippen LogP contribution in [0.1, 0.15) is 17.3 Å². The fourth-order valence-electron chi connectivity index (χ4n) is 2.19. The Balaban J connectivity index is 2.22. The minimum absolute atomic E-state index is 0.175. The highest BCUT2D eigenvalue weighted by molar-refractivity contribution is 6.26. The first kappa shape index (κ1) is 18.1. The molecule has 0 bridgehead atoms. The number of anilines is 2. The molecule has 0 fully saturated rings. The van der Waals surface area contributed by atoms with E-state index in [0.717, 1.165) is 11.8 Å². The maximum atomic E-state index is 12.4. The van der Waals surface area contributed by atoms with Gasteiger partial charge in [0.15, 0.2) is 11.6 Å². The number of amides is 1. The molecule has 25 heavy (non-hydrogen) atoms. The number of benzene rings is 2. The van der Waals surface area contributed by atoms with Gasteiger partial charge in [-0.1, -0.05) is 18.2 Å². The Hall–Kier alpha value is -3.21. The van der Waals surface area contributed by atoms with Crippen LogP contribution >= 0.6 is 0 Å². The Bertz CT molecular complexity index is 807. The molecule has 1 amide bonds. The lowest BCUT2D eigenvalue weighted by Gasteiger charge is -2.12. The summed E-state index contributed by atoms with van der Waals surface area (Å²) in [6, 6.07) is 15.7. The van der Waals surface area contributed by atoms with Gasteiger partial charge in [0.1, 0.15) is 0 Å². The molecule has 0 spiro atoms. The van der Waals surface area contributed by atoms with Crippen LogP contribution in [0.2, 0.25) is 0 Å². The Labute approximate surface area is 147 Å². The van der Waals surface area contributed by atoms with Crippen LogP contribution in [-0.2, 0) is 9.59 Å². The van der Waals surface area contributed by atoms with Gasteiger partial charge in [-0.05, 0) is 43.3 Å². The van der Waals surface area contributed by atoms with Crippen molar-refractivity contribution in [2.24, 2.45) is 0 Å². The van der Waals surface area contributed by atoms with Crippen LogP contribution in [0.4, 0.5) is 11.4 Å². The lowest BCUT2D eigenvalue weighted by molar-refractivity contribution is -0.118. The summed E-state index contributed by atoms with van der Waals surface area (Å²) in [5.74, 6) is -1.46.